The summed E-state index contributed by atoms with van der Waals surface area (Å²) in [7, 11) is 3.75. The molecule has 0 atom stereocenters. The minimum absolute atomic E-state index is 0.160. The summed E-state index contributed by atoms with van der Waals surface area (Å²) in [6.45, 7) is 6.44. The molecule has 0 unspecified atom stereocenters. The molecular weight excluding hydrogens is 230 g/mol. The van der Waals surface area contributed by atoms with Gasteiger partial charge in [-0.15, -0.1) is 0 Å². The Morgan fingerprint density at radius 2 is 2.17 bits per heavy atom. The van der Waals surface area contributed by atoms with Gasteiger partial charge in [0.2, 0.25) is 0 Å². The summed E-state index contributed by atoms with van der Waals surface area (Å²) in [5, 5.41) is 7.09. The van der Waals surface area contributed by atoms with Crippen molar-refractivity contribution in [3.8, 4) is 0 Å². The molecule has 1 aromatic rings. The van der Waals surface area contributed by atoms with Crippen LogP contribution in [0.2, 0.25) is 0 Å². The van der Waals surface area contributed by atoms with Crippen LogP contribution in [0.4, 0.5) is 5.69 Å². The normalized spacial score (nSPS) is 10.9. The van der Waals surface area contributed by atoms with E-state index in [1.165, 1.54) is 0 Å². The van der Waals surface area contributed by atoms with Gasteiger partial charge in [-0.25, -0.2) is 0 Å². The first-order valence-corrected chi connectivity index (χ1v) is 6.29. The van der Waals surface area contributed by atoms with Gasteiger partial charge in [-0.2, -0.15) is 5.10 Å². The van der Waals surface area contributed by atoms with Crippen molar-refractivity contribution in [1.82, 2.24) is 20.0 Å². The van der Waals surface area contributed by atoms with Gasteiger partial charge in [0.25, 0.3) is 5.91 Å². The molecule has 0 saturated carbocycles. The zero-order valence-electron chi connectivity index (χ0n) is 11.7. The molecule has 1 heterocycles. The predicted octanol–water partition coefficient (Wildman–Crippen LogP) is 0.246. The molecule has 0 aliphatic carbocycles. The van der Waals surface area contributed by atoms with Crippen molar-refractivity contribution in [3.63, 3.8) is 0 Å². The van der Waals surface area contributed by atoms with Gasteiger partial charge in [0.05, 0.1) is 11.4 Å². The second-order valence-electron chi connectivity index (χ2n) is 4.34. The smallest absolute Gasteiger partial charge is 0.271 e. The number of aromatic nitrogens is 2. The van der Waals surface area contributed by atoms with Crippen LogP contribution in [0, 0.1) is 0 Å². The number of anilines is 1. The van der Waals surface area contributed by atoms with Crippen LogP contribution in [0.1, 0.15) is 30.0 Å². The van der Waals surface area contributed by atoms with E-state index >= 15 is 0 Å². The number of carbonyl (C=O) groups is 1. The topological polar surface area (TPSA) is 76.2 Å². The quantitative estimate of drug-likeness (QED) is 0.762. The summed E-state index contributed by atoms with van der Waals surface area (Å²) in [4.78, 5) is 14.1. The van der Waals surface area contributed by atoms with Gasteiger partial charge in [-0.1, -0.05) is 13.8 Å². The van der Waals surface area contributed by atoms with Crippen LogP contribution in [-0.4, -0.2) is 47.3 Å². The molecule has 0 aromatic carbocycles. The number of likely N-dealkylation sites (N-methyl/N-ethyl adjacent to an activating group) is 1. The third-order valence-corrected chi connectivity index (χ3v) is 3.03. The Kier molecular flexibility index (Phi) is 5.15. The highest BCUT2D eigenvalue weighted by Crippen LogP contribution is 2.16. The molecule has 0 saturated heterocycles. The number of nitrogens with two attached hydrogens (primary N) is 1. The highest BCUT2D eigenvalue weighted by Gasteiger charge is 2.18. The minimum Gasteiger partial charge on any atom is -0.395 e. The van der Waals surface area contributed by atoms with Crippen LogP contribution in [-0.2, 0) is 13.5 Å². The zero-order chi connectivity index (χ0) is 13.7. The lowest BCUT2D eigenvalue weighted by molar-refractivity contribution is 0.0941. The molecule has 3 N–H and O–H groups in total. The van der Waals surface area contributed by atoms with E-state index in [9.17, 15) is 4.79 Å². The second-order valence-corrected chi connectivity index (χ2v) is 4.34. The summed E-state index contributed by atoms with van der Waals surface area (Å²) in [6.07, 6.45) is 0.728. The minimum atomic E-state index is -0.160. The number of hydrogen-bond acceptors (Lipinski definition) is 4. The molecule has 0 spiro atoms. The SMILES string of the molecule is CCc1nn(C)c(C(=O)NCCN(C)CC)c1N. The summed E-state index contributed by atoms with van der Waals surface area (Å²) >= 11 is 0. The Labute approximate surface area is 108 Å². The van der Waals surface area contributed by atoms with Crippen molar-refractivity contribution in [1.29, 1.82) is 0 Å². The second kappa shape index (κ2) is 6.39. The molecule has 0 bridgehead atoms. The summed E-state index contributed by atoms with van der Waals surface area (Å²) in [5.74, 6) is -0.160. The van der Waals surface area contributed by atoms with Crippen molar-refractivity contribution < 1.29 is 4.79 Å². The first-order valence-electron chi connectivity index (χ1n) is 6.29. The molecule has 0 radical (unpaired) electrons. The van der Waals surface area contributed by atoms with E-state index in [1.54, 1.807) is 11.7 Å². The fraction of sp³-hybridized carbons (Fsp3) is 0.667. The van der Waals surface area contributed by atoms with E-state index < -0.39 is 0 Å². The van der Waals surface area contributed by atoms with Crippen molar-refractivity contribution in [2.75, 3.05) is 32.4 Å². The maximum Gasteiger partial charge on any atom is 0.271 e. The Bertz CT molecular complexity index is 413. The van der Waals surface area contributed by atoms with E-state index in [0.29, 0.717) is 17.9 Å². The van der Waals surface area contributed by atoms with Crippen LogP contribution in [0.25, 0.3) is 0 Å². The summed E-state index contributed by atoms with van der Waals surface area (Å²) < 4.78 is 1.55. The lowest BCUT2D eigenvalue weighted by Gasteiger charge is -2.14. The van der Waals surface area contributed by atoms with E-state index in [2.05, 4.69) is 22.2 Å². The standard InChI is InChI=1S/C12H23N5O/c1-5-9-10(13)11(17(4)15-9)12(18)14-7-8-16(3)6-2/h5-8,13H2,1-4H3,(H,14,18). The Morgan fingerprint density at radius 1 is 1.50 bits per heavy atom. The van der Waals surface area contributed by atoms with Gasteiger partial charge in [-0.05, 0) is 20.0 Å². The van der Waals surface area contributed by atoms with E-state index in [0.717, 1.165) is 25.2 Å². The number of amides is 1. The van der Waals surface area contributed by atoms with Gasteiger partial charge in [0.1, 0.15) is 5.69 Å². The van der Waals surface area contributed by atoms with Crippen molar-refractivity contribution in [2.24, 2.45) is 7.05 Å². The molecule has 1 amide bonds. The van der Waals surface area contributed by atoms with E-state index in [1.807, 2.05) is 14.0 Å². The van der Waals surface area contributed by atoms with Gasteiger partial charge in [0.15, 0.2) is 0 Å². The van der Waals surface area contributed by atoms with Gasteiger partial charge < -0.3 is 16.0 Å². The number of hydrogen-bond donors (Lipinski definition) is 2. The van der Waals surface area contributed by atoms with Crippen LogP contribution in [0.15, 0.2) is 0 Å². The van der Waals surface area contributed by atoms with Crippen LogP contribution in [0.3, 0.4) is 0 Å². The molecule has 6 nitrogen and oxygen atoms in total. The van der Waals surface area contributed by atoms with Crippen LogP contribution in [0.5, 0.6) is 0 Å². The maximum atomic E-state index is 12.0. The maximum absolute atomic E-state index is 12.0. The first kappa shape index (κ1) is 14.5. The molecule has 0 fully saturated rings. The monoisotopic (exact) mass is 253 g/mol. The number of carbonyl (C=O) groups excluding carboxylic acids is 1. The molecule has 18 heavy (non-hydrogen) atoms. The average Bonchev–Trinajstić information content (AvgIpc) is 2.63. The van der Waals surface area contributed by atoms with Gasteiger partial charge in [0, 0.05) is 20.1 Å². The fourth-order valence-corrected chi connectivity index (χ4v) is 1.73. The average molecular weight is 253 g/mol. The Morgan fingerprint density at radius 3 is 2.67 bits per heavy atom. The lowest BCUT2D eigenvalue weighted by atomic mass is 10.2. The highest BCUT2D eigenvalue weighted by atomic mass is 16.2. The Balaban J connectivity index is 2.64. The number of aryl methyl sites for hydroxylation is 2. The van der Waals surface area contributed by atoms with E-state index in [-0.39, 0.29) is 5.91 Å². The Hall–Kier alpha value is -1.56. The molecule has 1 aromatic heterocycles. The molecule has 102 valence electrons. The van der Waals surface area contributed by atoms with Gasteiger partial charge in [-0.3, -0.25) is 9.48 Å². The summed E-state index contributed by atoms with van der Waals surface area (Å²) in [5.41, 5.74) is 7.63. The molecule has 0 aliphatic heterocycles. The number of rotatable bonds is 6. The number of nitrogens with one attached hydrogen (secondary N) is 1. The van der Waals surface area contributed by atoms with Crippen molar-refractivity contribution >= 4 is 11.6 Å². The molecule has 6 heteroatoms. The number of nitrogen functional groups attached to an aromatic ring is 1. The lowest BCUT2D eigenvalue weighted by Crippen LogP contribution is -2.34. The molecule has 0 aliphatic rings. The largest absolute Gasteiger partial charge is 0.395 e. The van der Waals surface area contributed by atoms with Crippen LogP contribution < -0.4 is 11.1 Å². The molecular formula is C12H23N5O. The van der Waals surface area contributed by atoms with Gasteiger partial charge >= 0.3 is 0 Å². The molecule has 1 rings (SSSR count). The third-order valence-electron chi connectivity index (χ3n) is 3.03. The van der Waals surface area contributed by atoms with Crippen molar-refractivity contribution in [3.05, 3.63) is 11.4 Å². The third kappa shape index (κ3) is 3.22. The number of nitrogens with zero attached hydrogens (tertiary/aromatic N) is 3. The predicted molar refractivity (Wildman–Crippen MR) is 72.5 cm³/mol. The fourth-order valence-electron chi connectivity index (χ4n) is 1.73. The summed E-state index contributed by atoms with van der Waals surface area (Å²) in [6, 6.07) is 0. The van der Waals surface area contributed by atoms with E-state index in [4.69, 9.17) is 5.73 Å². The van der Waals surface area contributed by atoms with Crippen molar-refractivity contribution in [2.45, 2.75) is 20.3 Å². The first-order chi connectivity index (χ1) is 8.51. The zero-order valence-corrected chi connectivity index (χ0v) is 11.7. The van der Waals surface area contributed by atoms with Crippen LogP contribution >= 0.6 is 0 Å². The highest BCUT2D eigenvalue weighted by molar-refractivity contribution is 5.97.